The van der Waals surface area contributed by atoms with Gasteiger partial charge in [-0.15, -0.1) is 0 Å². The summed E-state index contributed by atoms with van der Waals surface area (Å²) < 4.78 is 5.58. The van der Waals surface area contributed by atoms with Gasteiger partial charge in [-0.1, -0.05) is 39.5 Å². The molecule has 2 heteroatoms. The highest BCUT2D eigenvalue weighted by Gasteiger charge is 1.98. The summed E-state index contributed by atoms with van der Waals surface area (Å²) in [7, 11) is 0. The van der Waals surface area contributed by atoms with Crippen molar-refractivity contribution in [2.24, 2.45) is 5.92 Å². The van der Waals surface area contributed by atoms with E-state index in [4.69, 9.17) is 9.84 Å². The molecule has 0 heterocycles. The third kappa shape index (κ3) is 6.20. The summed E-state index contributed by atoms with van der Waals surface area (Å²) in [6.45, 7) is 5.33. The predicted molar refractivity (Wildman–Crippen MR) is 71.5 cm³/mol. The molecule has 0 saturated heterocycles. The molecule has 96 valence electrons. The summed E-state index contributed by atoms with van der Waals surface area (Å²) in [6, 6.07) is 6.90. The third-order valence-electron chi connectivity index (χ3n) is 3.14. The first-order valence-corrected chi connectivity index (χ1v) is 6.64. The van der Waals surface area contributed by atoms with E-state index in [0.717, 1.165) is 24.7 Å². The molecule has 17 heavy (non-hydrogen) atoms. The van der Waals surface area contributed by atoms with Crippen LogP contribution in [0.15, 0.2) is 24.3 Å². The minimum Gasteiger partial charge on any atom is -0.508 e. The van der Waals surface area contributed by atoms with E-state index in [1.54, 1.807) is 24.3 Å². The minimum atomic E-state index is 0.283. The van der Waals surface area contributed by atoms with Crippen molar-refractivity contribution in [3.8, 4) is 11.5 Å². The summed E-state index contributed by atoms with van der Waals surface area (Å²) in [5, 5.41) is 9.12. The van der Waals surface area contributed by atoms with Crippen molar-refractivity contribution in [2.45, 2.75) is 46.0 Å². The zero-order valence-corrected chi connectivity index (χ0v) is 11.0. The van der Waals surface area contributed by atoms with Gasteiger partial charge in [-0.3, -0.25) is 0 Å². The van der Waals surface area contributed by atoms with Crippen molar-refractivity contribution in [1.82, 2.24) is 0 Å². The van der Waals surface area contributed by atoms with Crippen molar-refractivity contribution in [1.29, 1.82) is 0 Å². The summed E-state index contributed by atoms with van der Waals surface area (Å²) in [5.74, 6) is 1.98. The zero-order valence-electron chi connectivity index (χ0n) is 11.0. The first-order chi connectivity index (χ1) is 8.22. The van der Waals surface area contributed by atoms with Crippen LogP contribution < -0.4 is 4.74 Å². The molecule has 1 N–H and O–H groups in total. The second kappa shape index (κ2) is 7.99. The molecule has 0 aliphatic heterocycles. The van der Waals surface area contributed by atoms with Crippen LogP contribution in [0.4, 0.5) is 0 Å². The van der Waals surface area contributed by atoms with E-state index in [2.05, 4.69) is 13.8 Å². The Hall–Kier alpha value is -1.18. The van der Waals surface area contributed by atoms with Crippen LogP contribution in [-0.4, -0.2) is 11.7 Å². The molecule has 1 unspecified atom stereocenters. The van der Waals surface area contributed by atoms with Gasteiger partial charge in [0.1, 0.15) is 11.5 Å². The van der Waals surface area contributed by atoms with Crippen molar-refractivity contribution in [2.75, 3.05) is 6.61 Å². The second-order valence-corrected chi connectivity index (χ2v) is 4.71. The molecule has 0 aromatic heterocycles. The Kier molecular flexibility index (Phi) is 6.53. The Morgan fingerprint density at radius 1 is 1.12 bits per heavy atom. The van der Waals surface area contributed by atoms with Crippen LogP contribution in [0, 0.1) is 5.92 Å². The van der Waals surface area contributed by atoms with Gasteiger partial charge in [0, 0.05) is 0 Å². The largest absolute Gasteiger partial charge is 0.508 e. The van der Waals surface area contributed by atoms with E-state index in [1.165, 1.54) is 25.7 Å². The highest BCUT2D eigenvalue weighted by molar-refractivity contribution is 5.29. The van der Waals surface area contributed by atoms with Crippen LogP contribution in [0.3, 0.4) is 0 Å². The van der Waals surface area contributed by atoms with E-state index in [-0.39, 0.29) is 5.75 Å². The maximum absolute atomic E-state index is 9.12. The second-order valence-electron chi connectivity index (χ2n) is 4.71. The SMILES string of the molecule is CCC(C)CCCCCOc1ccc(O)cc1. The van der Waals surface area contributed by atoms with Crippen molar-refractivity contribution in [3.05, 3.63) is 24.3 Å². The molecule has 1 aromatic carbocycles. The van der Waals surface area contributed by atoms with Crippen LogP contribution >= 0.6 is 0 Å². The Morgan fingerprint density at radius 2 is 1.82 bits per heavy atom. The molecule has 1 rings (SSSR count). The average molecular weight is 236 g/mol. The fraction of sp³-hybridized carbons (Fsp3) is 0.600. The average Bonchev–Trinajstić information content (AvgIpc) is 2.35. The molecule has 0 saturated carbocycles. The smallest absolute Gasteiger partial charge is 0.119 e. The Balaban J connectivity index is 2.02. The van der Waals surface area contributed by atoms with Crippen molar-refractivity contribution in [3.63, 3.8) is 0 Å². The first kappa shape index (κ1) is 13.9. The lowest BCUT2D eigenvalue weighted by molar-refractivity contribution is 0.302. The molecular formula is C15H24O2. The van der Waals surface area contributed by atoms with Crippen LogP contribution in [0.25, 0.3) is 0 Å². The first-order valence-electron chi connectivity index (χ1n) is 6.64. The fourth-order valence-electron chi connectivity index (χ4n) is 1.71. The molecule has 0 fully saturated rings. The van der Waals surface area contributed by atoms with Crippen molar-refractivity contribution < 1.29 is 9.84 Å². The van der Waals surface area contributed by atoms with Gasteiger partial charge in [0.2, 0.25) is 0 Å². The quantitative estimate of drug-likeness (QED) is 0.679. The molecule has 1 aromatic rings. The summed E-state index contributed by atoms with van der Waals surface area (Å²) in [5.41, 5.74) is 0. The molecule has 2 nitrogen and oxygen atoms in total. The number of unbranched alkanes of at least 4 members (excludes halogenated alkanes) is 2. The Bertz CT molecular complexity index is 292. The van der Waals surface area contributed by atoms with Gasteiger partial charge in [-0.05, 0) is 36.6 Å². The lowest BCUT2D eigenvalue weighted by Crippen LogP contribution is -1.98. The number of benzene rings is 1. The number of hydrogen-bond acceptors (Lipinski definition) is 2. The Morgan fingerprint density at radius 3 is 2.47 bits per heavy atom. The summed E-state index contributed by atoms with van der Waals surface area (Å²) >= 11 is 0. The number of rotatable bonds is 8. The maximum Gasteiger partial charge on any atom is 0.119 e. The minimum absolute atomic E-state index is 0.283. The number of ether oxygens (including phenoxy) is 1. The molecule has 0 aliphatic rings. The Labute approximate surface area is 105 Å². The zero-order chi connectivity index (χ0) is 12.5. The number of phenolic OH excluding ortho intramolecular Hbond substituents is 1. The molecule has 0 bridgehead atoms. The summed E-state index contributed by atoms with van der Waals surface area (Å²) in [6.07, 6.45) is 6.26. The molecule has 0 radical (unpaired) electrons. The van der Waals surface area contributed by atoms with Crippen LogP contribution in [0.5, 0.6) is 11.5 Å². The molecule has 0 amide bonds. The summed E-state index contributed by atoms with van der Waals surface area (Å²) in [4.78, 5) is 0. The van der Waals surface area contributed by atoms with Gasteiger partial charge in [-0.2, -0.15) is 0 Å². The molecule has 1 atom stereocenters. The van der Waals surface area contributed by atoms with Gasteiger partial charge in [-0.25, -0.2) is 0 Å². The van der Waals surface area contributed by atoms with Crippen molar-refractivity contribution >= 4 is 0 Å². The standard InChI is InChI=1S/C15H24O2/c1-3-13(2)7-5-4-6-12-17-15-10-8-14(16)9-11-15/h8-11,13,16H,3-7,12H2,1-2H3. The van der Waals surface area contributed by atoms with E-state index in [9.17, 15) is 0 Å². The molecule has 0 aliphatic carbocycles. The monoisotopic (exact) mass is 236 g/mol. The lowest BCUT2D eigenvalue weighted by Gasteiger charge is -2.08. The van der Waals surface area contributed by atoms with Gasteiger partial charge >= 0.3 is 0 Å². The van der Waals surface area contributed by atoms with E-state index in [0.29, 0.717) is 0 Å². The maximum atomic E-state index is 9.12. The van der Waals surface area contributed by atoms with Gasteiger partial charge in [0.25, 0.3) is 0 Å². The highest BCUT2D eigenvalue weighted by atomic mass is 16.5. The van der Waals surface area contributed by atoms with Gasteiger partial charge in [0.15, 0.2) is 0 Å². The normalized spacial score (nSPS) is 12.4. The van der Waals surface area contributed by atoms with Crippen LogP contribution in [0.1, 0.15) is 46.0 Å². The fourth-order valence-corrected chi connectivity index (χ4v) is 1.71. The predicted octanol–water partition coefficient (Wildman–Crippen LogP) is 4.38. The number of phenols is 1. The van der Waals surface area contributed by atoms with E-state index < -0.39 is 0 Å². The molecular weight excluding hydrogens is 212 g/mol. The van der Waals surface area contributed by atoms with Crippen LogP contribution in [0.2, 0.25) is 0 Å². The van der Waals surface area contributed by atoms with Crippen LogP contribution in [-0.2, 0) is 0 Å². The highest BCUT2D eigenvalue weighted by Crippen LogP contribution is 2.17. The van der Waals surface area contributed by atoms with Gasteiger partial charge < -0.3 is 9.84 Å². The van der Waals surface area contributed by atoms with E-state index in [1.807, 2.05) is 0 Å². The third-order valence-corrected chi connectivity index (χ3v) is 3.14. The lowest BCUT2D eigenvalue weighted by atomic mass is 10.0. The van der Waals surface area contributed by atoms with E-state index >= 15 is 0 Å². The number of hydrogen-bond donors (Lipinski definition) is 1. The number of aromatic hydroxyl groups is 1. The topological polar surface area (TPSA) is 29.5 Å². The van der Waals surface area contributed by atoms with Gasteiger partial charge in [0.05, 0.1) is 6.61 Å². The molecule has 0 spiro atoms.